The normalized spacial score (nSPS) is 24.4. The predicted octanol–water partition coefficient (Wildman–Crippen LogP) is 3.19. The number of halogens is 2. The molecule has 2 saturated heterocycles. The Balaban J connectivity index is 1.37. The predicted molar refractivity (Wildman–Crippen MR) is 104 cm³/mol. The number of alkyl halides is 2. The van der Waals surface area contributed by atoms with Crippen LogP contribution in [0.1, 0.15) is 44.2 Å². The van der Waals surface area contributed by atoms with E-state index in [0.29, 0.717) is 17.2 Å². The number of nitrogens with one attached hydrogen (secondary N) is 3. The Labute approximate surface area is 167 Å². The SMILES string of the molecule is C[C@H](NC(=O)CCCC[C@@H]1SC[C@@H]2NC(=O)N[C@@H]21)c1cccc(OC(F)F)c1. The van der Waals surface area contributed by atoms with Gasteiger partial charge in [0.15, 0.2) is 0 Å². The van der Waals surface area contributed by atoms with Crippen LogP contribution in [-0.4, -0.2) is 41.6 Å². The van der Waals surface area contributed by atoms with Gasteiger partial charge in [0.2, 0.25) is 5.91 Å². The number of hydrogen-bond acceptors (Lipinski definition) is 4. The zero-order chi connectivity index (χ0) is 20.1. The van der Waals surface area contributed by atoms with Gasteiger partial charge in [0.1, 0.15) is 5.75 Å². The maximum Gasteiger partial charge on any atom is 0.387 e. The fourth-order valence-electron chi connectivity index (χ4n) is 3.63. The standard InChI is InChI=1S/C19H25F2N3O3S/c1-11(12-5-4-6-13(9-12)27-18(20)21)22-16(25)8-3-2-7-15-17-14(10-28-15)23-19(26)24-17/h4-6,9,11,14-15,17-18H,2-3,7-8,10H2,1H3,(H,22,25)(H2,23,24,26)/t11-,14-,15-,17-/m0/s1. The second kappa shape index (κ2) is 9.45. The summed E-state index contributed by atoms with van der Waals surface area (Å²) in [6.45, 7) is -1.06. The number of urea groups is 1. The highest BCUT2D eigenvalue weighted by atomic mass is 32.2. The molecule has 0 aromatic heterocycles. The lowest BCUT2D eigenvalue weighted by Crippen LogP contribution is -2.36. The topological polar surface area (TPSA) is 79.5 Å². The summed E-state index contributed by atoms with van der Waals surface area (Å²) >= 11 is 1.87. The van der Waals surface area contributed by atoms with Crippen LogP contribution >= 0.6 is 11.8 Å². The van der Waals surface area contributed by atoms with E-state index in [0.717, 1.165) is 25.0 Å². The number of benzene rings is 1. The van der Waals surface area contributed by atoms with E-state index in [1.54, 1.807) is 12.1 Å². The molecule has 1 aromatic carbocycles. The van der Waals surface area contributed by atoms with Gasteiger partial charge >= 0.3 is 12.6 Å². The number of unbranched alkanes of at least 4 members (excludes halogenated alkanes) is 1. The quantitative estimate of drug-likeness (QED) is 0.429. The van der Waals surface area contributed by atoms with Crippen LogP contribution in [0.15, 0.2) is 24.3 Å². The molecule has 1 aromatic rings. The molecule has 4 atom stereocenters. The first-order chi connectivity index (χ1) is 13.4. The van der Waals surface area contributed by atoms with E-state index in [4.69, 9.17) is 0 Å². The number of fused-ring (bicyclic) bond motifs is 1. The van der Waals surface area contributed by atoms with Crippen LogP contribution in [0.4, 0.5) is 13.6 Å². The van der Waals surface area contributed by atoms with Gasteiger partial charge in [0, 0.05) is 17.4 Å². The Morgan fingerprint density at radius 1 is 1.36 bits per heavy atom. The highest BCUT2D eigenvalue weighted by Gasteiger charge is 2.42. The van der Waals surface area contributed by atoms with E-state index in [9.17, 15) is 18.4 Å². The van der Waals surface area contributed by atoms with Gasteiger partial charge in [-0.15, -0.1) is 0 Å². The van der Waals surface area contributed by atoms with Gasteiger partial charge < -0.3 is 20.7 Å². The third-order valence-corrected chi connectivity index (χ3v) is 6.55. The Kier molecular flexibility index (Phi) is 6.98. The number of hydrogen-bond donors (Lipinski definition) is 3. The van der Waals surface area contributed by atoms with Crippen molar-refractivity contribution in [3.05, 3.63) is 29.8 Å². The smallest absolute Gasteiger partial charge is 0.387 e. The van der Waals surface area contributed by atoms with Gasteiger partial charge in [-0.2, -0.15) is 20.5 Å². The molecule has 2 aliphatic heterocycles. The van der Waals surface area contributed by atoms with Gasteiger partial charge in [-0.1, -0.05) is 18.6 Å². The summed E-state index contributed by atoms with van der Waals surface area (Å²) in [7, 11) is 0. The summed E-state index contributed by atoms with van der Waals surface area (Å²) in [6.07, 6.45) is 3.05. The summed E-state index contributed by atoms with van der Waals surface area (Å²) < 4.78 is 29.0. The van der Waals surface area contributed by atoms with Gasteiger partial charge in [-0.05, 0) is 37.5 Å². The minimum Gasteiger partial charge on any atom is -0.435 e. The lowest BCUT2D eigenvalue weighted by Gasteiger charge is -2.17. The lowest BCUT2D eigenvalue weighted by atomic mass is 10.0. The second-order valence-corrected chi connectivity index (χ2v) is 8.38. The van der Waals surface area contributed by atoms with Crippen LogP contribution in [0.3, 0.4) is 0 Å². The molecular weight excluding hydrogens is 388 g/mol. The summed E-state index contributed by atoms with van der Waals surface area (Å²) in [5.41, 5.74) is 0.712. The lowest BCUT2D eigenvalue weighted by molar-refractivity contribution is -0.121. The minimum atomic E-state index is -2.87. The third-order valence-electron chi connectivity index (χ3n) is 5.04. The van der Waals surface area contributed by atoms with Crippen molar-refractivity contribution in [3.8, 4) is 5.75 Å². The number of carbonyl (C=O) groups excluding carboxylic acids is 2. The fourth-order valence-corrected chi connectivity index (χ4v) is 5.17. The van der Waals surface area contributed by atoms with Gasteiger partial charge in [-0.25, -0.2) is 4.79 Å². The molecule has 0 radical (unpaired) electrons. The number of carbonyl (C=O) groups is 2. The Morgan fingerprint density at radius 2 is 2.18 bits per heavy atom. The van der Waals surface area contributed by atoms with Crippen molar-refractivity contribution in [2.24, 2.45) is 0 Å². The van der Waals surface area contributed by atoms with Crippen molar-refractivity contribution in [3.63, 3.8) is 0 Å². The van der Waals surface area contributed by atoms with Crippen LogP contribution in [0.25, 0.3) is 0 Å². The summed E-state index contributed by atoms with van der Waals surface area (Å²) in [4.78, 5) is 23.6. The van der Waals surface area contributed by atoms with E-state index in [2.05, 4.69) is 20.7 Å². The van der Waals surface area contributed by atoms with Gasteiger partial charge in [0.05, 0.1) is 18.1 Å². The van der Waals surface area contributed by atoms with Crippen molar-refractivity contribution < 1.29 is 23.1 Å². The first-order valence-corrected chi connectivity index (χ1v) is 10.5. The third kappa shape index (κ3) is 5.50. The number of thioether (sulfide) groups is 1. The molecule has 9 heteroatoms. The van der Waals surface area contributed by atoms with Crippen molar-refractivity contribution in [2.45, 2.75) is 62.6 Å². The molecule has 28 heavy (non-hydrogen) atoms. The first kappa shape index (κ1) is 20.7. The van der Waals surface area contributed by atoms with E-state index in [1.807, 2.05) is 18.7 Å². The van der Waals surface area contributed by atoms with E-state index in [-0.39, 0.29) is 35.8 Å². The van der Waals surface area contributed by atoms with E-state index in [1.165, 1.54) is 12.1 Å². The Morgan fingerprint density at radius 3 is 2.96 bits per heavy atom. The number of amides is 3. The molecule has 0 unspecified atom stereocenters. The molecular formula is C19H25F2N3O3S. The summed E-state index contributed by atoms with van der Waals surface area (Å²) in [5, 5.41) is 9.17. The monoisotopic (exact) mass is 413 g/mol. The van der Waals surface area contributed by atoms with Crippen LogP contribution in [0.2, 0.25) is 0 Å². The van der Waals surface area contributed by atoms with Crippen molar-refractivity contribution in [1.29, 1.82) is 0 Å². The van der Waals surface area contributed by atoms with E-state index >= 15 is 0 Å². The van der Waals surface area contributed by atoms with Crippen molar-refractivity contribution in [2.75, 3.05) is 5.75 Å². The molecule has 2 aliphatic rings. The van der Waals surface area contributed by atoms with Crippen LogP contribution < -0.4 is 20.7 Å². The fraction of sp³-hybridized carbons (Fsp3) is 0.579. The second-order valence-electron chi connectivity index (χ2n) is 7.11. The zero-order valence-corrected chi connectivity index (χ0v) is 16.4. The molecule has 3 rings (SSSR count). The van der Waals surface area contributed by atoms with Crippen LogP contribution in [-0.2, 0) is 4.79 Å². The van der Waals surface area contributed by atoms with Crippen LogP contribution in [0, 0.1) is 0 Å². The molecule has 0 saturated carbocycles. The average molecular weight is 413 g/mol. The van der Waals surface area contributed by atoms with Crippen molar-refractivity contribution in [1.82, 2.24) is 16.0 Å². The molecule has 0 bridgehead atoms. The van der Waals surface area contributed by atoms with Gasteiger partial charge in [0.25, 0.3) is 0 Å². The largest absolute Gasteiger partial charge is 0.435 e. The average Bonchev–Trinajstić information content (AvgIpc) is 3.18. The first-order valence-electron chi connectivity index (χ1n) is 9.45. The molecule has 2 fully saturated rings. The minimum absolute atomic E-state index is 0.0690. The molecule has 3 N–H and O–H groups in total. The highest BCUT2D eigenvalue weighted by Crippen LogP contribution is 2.33. The van der Waals surface area contributed by atoms with Crippen molar-refractivity contribution >= 4 is 23.7 Å². The van der Waals surface area contributed by atoms with Gasteiger partial charge in [-0.3, -0.25) is 4.79 Å². The maximum absolute atomic E-state index is 12.3. The zero-order valence-electron chi connectivity index (χ0n) is 15.6. The highest BCUT2D eigenvalue weighted by molar-refractivity contribution is 8.00. The Hall–Kier alpha value is -2.03. The van der Waals surface area contributed by atoms with Crippen LogP contribution in [0.5, 0.6) is 5.75 Å². The molecule has 6 nitrogen and oxygen atoms in total. The molecule has 154 valence electrons. The molecule has 0 spiro atoms. The molecule has 0 aliphatic carbocycles. The molecule has 3 amide bonds. The summed E-state index contributed by atoms with van der Waals surface area (Å²) in [6, 6.07) is 6.38. The Bertz CT molecular complexity index is 707. The summed E-state index contributed by atoms with van der Waals surface area (Å²) in [5.74, 6) is 0.940. The van der Waals surface area contributed by atoms with E-state index < -0.39 is 6.61 Å². The number of ether oxygens (including phenoxy) is 1. The maximum atomic E-state index is 12.3. The molecule has 2 heterocycles. The number of rotatable bonds is 9.